The summed E-state index contributed by atoms with van der Waals surface area (Å²) in [5.41, 5.74) is 2.26. The Balaban J connectivity index is 1.65. The highest BCUT2D eigenvalue weighted by molar-refractivity contribution is 8.18. The maximum absolute atomic E-state index is 13.5. The molecule has 0 aromatic heterocycles. The standard InChI is InChI=1S/C27H22N2O6S/c1-34-24(30)17-35-22-10-6-5-7-20(22)15-23-25(31)29(16-18-11-13-19(14-12-18)26(32)33)27(36-23)28-21-8-3-2-4-9-21/h2-15H,16-17H2,1H3,(H,32,33)/b23-15+,28-27?. The summed E-state index contributed by atoms with van der Waals surface area (Å²) in [5.74, 6) is -1.34. The zero-order valence-electron chi connectivity index (χ0n) is 19.3. The van der Waals surface area contributed by atoms with Crippen molar-refractivity contribution < 1.29 is 29.0 Å². The van der Waals surface area contributed by atoms with Crippen molar-refractivity contribution in [1.82, 2.24) is 4.90 Å². The third-order valence-electron chi connectivity index (χ3n) is 5.19. The molecular weight excluding hydrogens is 480 g/mol. The quantitative estimate of drug-likeness (QED) is 0.350. The number of carbonyl (C=O) groups is 3. The van der Waals surface area contributed by atoms with Crippen LogP contribution in [0.1, 0.15) is 21.5 Å². The number of nitrogens with zero attached hydrogens (tertiary/aromatic N) is 2. The van der Waals surface area contributed by atoms with Crippen molar-refractivity contribution in [2.24, 2.45) is 4.99 Å². The van der Waals surface area contributed by atoms with E-state index in [4.69, 9.17) is 9.84 Å². The average Bonchev–Trinajstić information content (AvgIpc) is 3.17. The van der Waals surface area contributed by atoms with Gasteiger partial charge in [-0.25, -0.2) is 14.6 Å². The van der Waals surface area contributed by atoms with Gasteiger partial charge in [0.1, 0.15) is 5.75 Å². The predicted octanol–water partition coefficient (Wildman–Crippen LogP) is 4.74. The number of hydrogen-bond donors (Lipinski definition) is 1. The number of rotatable bonds is 8. The summed E-state index contributed by atoms with van der Waals surface area (Å²) >= 11 is 1.23. The second-order valence-corrected chi connectivity index (χ2v) is 8.65. The van der Waals surface area contributed by atoms with Crippen molar-refractivity contribution in [2.75, 3.05) is 13.7 Å². The summed E-state index contributed by atoms with van der Waals surface area (Å²) in [6.07, 6.45) is 1.70. The monoisotopic (exact) mass is 502 g/mol. The molecule has 1 saturated heterocycles. The first kappa shape index (κ1) is 24.7. The molecule has 1 aliphatic heterocycles. The van der Waals surface area contributed by atoms with Crippen molar-refractivity contribution in [1.29, 1.82) is 0 Å². The summed E-state index contributed by atoms with van der Waals surface area (Å²) < 4.78 is 10.2. The lowest BCUT2D eigenvalue weighted by atomic mass is 10.1. The SMILES string of the molecule is COC(=O)COc1ccccc1/C=C1/SC(=Nc2ccccc2)N(Cc2ccc(C(=O)O)cc2)C1=O. The topological polar surface area (TPSA) is 106 Å². The van der Waals surface area contributed by atoms with Gasteiger partial charge in [-0.3, -0.25) is 9.69 Å². The fourth-order valence-electron chi connectivity index (χ4n) is 3.35. The summed E-state index contributed by atoms with van der Waals surface area (Å²) in [6.45, 7) is -0.0355. The second-order valence-electron chi connectivity index (χ2n) is 7.64. The zero-order valence-corrected chi connectivity index (χ0v) is 20.1. The van der Waals surface area contributed by atoms with E-state index in [1.165, 1.54) is 31.0 Å². The Morgan fingerprint density at radius 1 is 1.00 bits per heavy atom. The molecule has 1 N–H and O–H groups in total. The van der Waals surface area contributed by atoms with Crippen LogP contribution in [0.5, 0.6) is 5.75 Å². The van der Waals surface area contributed by atoms with Crippen LogP contribution in [0.2, 0.25) is 0 Å². The number of hydrogen-bond acceptors (Lipinski definition) is 7. The number of aromatic carboxylic acids is 1. The largest absolute Gasteiger partial charge is 0.481 e. The van der Waals surface area contributed by atoms with Crippen LogP contribution in [0.25, 0.3) is 6.08 Å². The van der Waals surface area contributed by atoms with Crippen LogP contribution in [0.15, 0.2) is 88.8 Å². The first-order valence-electron chi connectivity index (χ1n) is 10.9. The number of aliphatic imine (C=N–C) groups is 1. The third-order valence-corrected chi connectivity index (χ3v) is 6.20. The van der Waals surface area contributed by atoms with Crippen LogP contribution < -0.4 is 4.74 Å². The Kier molecular flexibility index (Phi) is 7.82. The molecular formula is C27H22N2O6S. The average molecular weight is 503 g/mol. The summed E-state index contributed by atoms with van der Waals surface area (Å²) in [5, 5.41) is 9.65. The van der Waals surface area contributed by atoms with Gasteiger partial charge in [0.05, 0.1) is 29.8 Å². The zero-order chi connectivity index (χ0) is 25.5. The minimum Gasteiger partial charge on any atom is -0.481 e. The molecule has 0 spiro atoms. The van der Waals surface area contributed by atoms with Crippen LogP contribution >= 0.6 is 11.8 Å². The molecule has 182 valence electrons. The highest BCUT2D eigenvalue weighted by atomic mass is 32.2. The smallest absolute Gasteiger partial charge is 0.343 e. The van der Waals surface area contributed by atoms with Crippen LogP contribution in [0.4, 0.5) is 5.69 Å². The molecule has 0 unspecified atom stereocenters. The van der Waals surface area contributed by atoms with E-state index >= 15 is 0 Å². The molecule has 1 amide bonds. The van der Waals surface area contributed by atoms with Gasteiger partial charge in [-0.15, -0.1) is 0 Å². The second kappa shape index (κ2) is 11.4. The number of carboxylic acids is 1. The van der Waals surface area contributed by atoms with E-state index < -0.39 is 11.9 Å². The molecule has 0 bridgehead atoms. The van der Waals surface area contributed by atoms with E-state index in [1.807, 2.05) is 36.4 Å². The van der Waals surface area contributed by atoms with Gasteiger partial charge >= 0.3 is 11.9 Å². The van der Waals surface area contributed by atoms with Gasteiger partial charge in [-0.05, 0) is 53.7 Å². The van der Waals surface area contributed by atoms with E-state index in [2.05, 4.69) is 9.73 Å². The van der Waals surface area contributed by atoms with Crippen LogP contribution in [0, 0.1) is 0 Å². The highest BCUT2D eigenvalue weighted by Gasteiger charge is 2.33. The molecule has 9 heteroatoms. The molecule has 0 radical (unpaired) electrons. The van der Waals surface area contributed by atoms with Gasteiger partial charge in [0.25, 0.3) is 5.91 Å². The molecule has 3 aromatic rings. The Hall–Kier alpha value is -4.37. The number of esters is 1. The number of methoxy groups -OCH3 is 1. The maximum Gasteiger partial charge on any atom is 0.343 e. The molecule has 0 saturated carbocycles. The predicted molar refractivity (Wildman–Crippen MR) is 137 cm³/mol. The van der Waals surface area contributed by atoms with E-state index in [0.717, 1.165) is 5.56 Å². The van der Waals surface area contributed by atoms with Crippen LogP contribution in [-0.2, 0) is 20.9 Å². The summed E-state index contributed by atoms with van der Waals surface area (Å²) in [6, 6.07) is 22.7. The molecule has 8 nitrogen and oxygen atoms in total. The number of para-hydroxylation sites is 2. The van der Waals surface area contributed by atoms with E-state index in [1.54, 1.807) is 41.3 Å². The van der Waals surface area contributed by atoms with Crippen LogP contribution in [-0.4, -0.2) is 46.7 Å². The lowest BCUT2D eigenvalue weighted by molar-refractivity contribution is -0.142. The van der Waals surface area contributed by atoms with Gasteiger partial charge < -0.3 is 14.6 Å². The molecule has 36 heavy (non-hydrogen) atoms. The molecule has 4 rings (SSSR count). The Bertz CT molecular complexity index is 1340. The van der Waals surface area contributed by atoms with Crippen LogP contribution in [0.3, 0.4) is 0 Å². The fourth-order valence-corrected chi connectivity index (χ4v) is 4.34. The molecule has 0 atom stereocenters. The molecule has 3 aromatic carbocycles. The summed E-state index contributed by atoms with van der Waals surface area (Å²) in [4.78, 5) is 42.8. The van der Waals surface area contributed by atoms with Gasteiger partial charge in [-0.2, -0.15) is 0 Å². The number of carbonyl (C=O) groups excluding carboxylic acids is 2. The molecule has 0 aliphatic carbocycles. The third kappa shape index (κ3) is 6.00. The Morgan fingerprint density at radius 3 is 2.39 bits per heavy atom. The lowest BCUT2D eigenvalue weighted by Gasteiger charge is -2.16. The number of thioether (sulfide) groups is 1. The van der Waals surface area contributed by atoms with Gasteiger partial charge in [0.15, 0.2) is 11.8 Å². The van der Waals surface area contributed by atoms with Gasteiger partial charge in [-0.1, -0.05) is 48.5 Å². The molecule has 1 aliphatic rings. The van der Waals surface area contributed by atoms with Gasteiger partial charge in [0.2, 0.25) is 0 Å². The first-order valence-corrected chi connectivity index (χ1v) is 11.7. The number of amides is 1. The van der Waals surface area contributed by atoms with Crippen molar-refractivity contribution in [2.45, 2.75) is 6.54 Å². The number of amidine groups is 1. The number of benzene rings is 3. The summed E-state index contributed by atoms with van der Waals surface area (Å²) in [7, 11) is 1.28. The van der Waals surface area contributed by atoms with Crippen molar-refractivity contribution >= 4 is 46.5 Å². The Morgan fingerprint density at radius 2 is 1.69 bits per heavy atom. The van der Waals surface area contributed by atoms with Crippen molar-refractivity contribution in [3.05, 3.63) is 100 Å². The first-order chi connectivity index (χ1) is 17.4. The van der Waals surface area contributed by atoms with Gasteiger partial charge in [0, 0.05) is 5.56 Å². The minimum atomic E-state index is -1.01. The number of carboxylic acid groups (broad SMARTS) is 1. The van der Waals surface area contributed by atoms with Crippen molar-refractivity contribution in [3.63, 3.8) is 0 Å². The maximum atomic E-state index is 13.5. The number of ether oxygens (including phenoxy) is 2. The fraction of sp³-hybridized carbons (Fsp3) is 0.111. The normalized spacial score (nSPS) is 15.4. The van der Waals surface area contributed by atoms with E-state index in [-0.39, 0.29) is 24.6 Å². The van der Waals surface area contributed by atoms with E-state index in [9.17, 15) is 14.4 Å². The molecule has 1 fully saturated rings. The van der Waals surface area contributed by atoms with E-state index in [0.29, 0.717) is 27.1 Å². The lowest BCUT2D eigenvalue weighted by Crippen LogP contribution is -2.28. The molecule has 1 heterocycles. The van der Waals surface area contributed by atoms with Crippen molar-refractivity contribution in [3.8, 4) is 5.75 Å². The highest BCUT2D eigenvalue weighted by Crippen LogP contribution is 2.36. The Labute approximate surface area is 211 Å². The minimum absolute atomic E-state index is 0.170.